The molecule has 100 valence electrons. The Balaban J connectivity index is 3.03. The average molecular weight is 271 g/mol. The number of hydrogen-bond acceptors (Lipinski definition) is 3. The van der Waals surface area contributed by atoms with Crippen molar-refractivity contribution in [3.8, 4) is 11.8 Å². The minimum absolute atomic E-state index is 0.0886. The highest BCUT2D eigenvalue weighted by Crippen LogP contribution is 2.24. The lowest BCUT2D eigenvalue weighted by molar-refractivity contribution is -0.153. The summed E-state index contributed by atoms with van der Waals surface area (Å²) in [6, 6.07) is 6.97. The Morgan fingerprint density at radius 2 is 2.05 bits per heavy atom. The van der Waals surface area contributed by atoms with Crippen LogP contribution in [-0.4, -0.2) is 23.9 Å². The summed E-state index contributed by atoms with van der Waals surface area (Å²) in [6.07, 6.45) is -3.55. The number of ether oxygens (including phenoxy) is 1. The molecule has 0 heterocycles. The van der Waals surface area contributed by atoms with Crippen molar-refractivity contribution in [1.29, 1.82) is 5.26 Å². The van der Waals surface area contributed by atoms with Gasteiger partial charge in [-0.1, -0.05) is 18.2 Å². The molecule has 1 N–H and O–H groups in total. The Bertz CT molecular complexity index is 544. The van der Waals surface area contributed by atoms with Crippen LogP contribution in [0.1, 0.15) is 5.56 Å². The van der Waals surface area contributed by atoms with Crippen LogP contribution in [0.5, 0.6) is 5.75 Å². The van der Waals surface area contributed by atoms with Gasteiger partial charge in [-0.25, -0.2) is 4.79 Å². The van der Waals surface area contributed by atoms with Crippen molar-refractivity contribution < 1.29 is 27.8 Å². The molecule has 4 nitrogen and oxygen atoms in total. The average Bonchev–Trinajstić information content (AvgIpc) is 2.33. The van der Waals surface area contributed by atoms with E-state index >= 15 is 0 Å². The second-order valence-electron chi connectivity index (χ2n) is 3.42. The second kappa shape index (κ2) is 5.91. The number of carboxylic acids is 1. The third-order valence-electron chi connectivity index (χ3n) is 1.96. The summed E-state index contributed by atoms with van der Waals surface area (Å²) in [5.41, 5.74) is -0.506. The number of halogens is 3. The van der Waals surface area contributed by atoms with Crippen molar-refractivity contribution in [2.75, 3.05) is 6.61 Å². The van der Waals surface area contributed by atoms with Crippen molar-refractivity contribution in [2.45, 2.75) is 6.18 Å². The van der Waals surface area contributed by atoms with E-state index in [9.17, 15) is 18.0 Å². The monoisotopic (exact) mass is 271 g/mol. The topological polar surface area (TPSA) is 70.3 Å². The van der Waals surface area contributed by atoms with Crippen LogP contribution >= 0.6 is 0 Å². The van der Waals surface area contributed by atoms with Gasteiger partial charge in [-0.05, 0) is 12.1 Å². The molecule has 1 rings (SSSR count). The lowest BCUT2D eigenvalue weighted by atomic mass is 10.1. The number of alkyl halides is 3. The van der Waals surface area contributed by atoms with Crippen molar-refractivity contribution >= 4 is 12.0 Å². The van der Waals surface area contributed by atoms with Gasteiger partial charge < -0.3 is 9.84 Å². The minimum atomic E-state index is -4.50. The molecule has 19 heavy (non-hydrogen) atoms. The molecule has 7 heteroatoms. The van der Waals surface area contributed by atoms with E-state index in [-0.39, 0.29) is 11.3 Å². The zero-order chi connectivity index (χ0) is 14.5. The summed E-state index contributed by atoms with van der Waals surface area (Å²) < 4.78 is 40.7. The lowest BCUT2D eigenvalue weighted by Gasteiger charge is -2.11. The van der Waals surface area contributed by atoms with Gasteiger partial charge in [0.15, 0.2) is 6.61 Å². The maximum atomic E-state index is 12.0. The van der Waals surface area contributed by atoms with Crippen LogP contribution in [-0.2, 0) is 4.79 Å². The van der Waals surface area contributed by atoms with Crippen LogP contribution in [0.3, 0.4) is 0 Å². The van der Waals surface area contributed by atoms with E-state index < -0.39 is 24.3 Å². The largest absolute Gasteiger partial charge is 0.484 e. The molecule has 0 spiro atoms. The number of para-hydroxylation sites is 1. The van der Waals surface area contributed by atoms with E-state index in [1.165, 1.54) is 30.3 Å². The van der Waals surface area contributed by atoms with E-state index in [1.54, 1.807) is 0 Å². The summed E-state index contributed by atoms with van der Waals surface area (Å²) >= 11 is 0. The zero-order valence-corrected chi connectivity index (χ0v) is 9.44. The first-order valence-corrected chi connectivity index (χ1v) is 4.97. The van der Waals surface area contributed by atoms with Crippen molar-refractivity contribution in [3.63, 3.8) is 0 Å². The summed E-state index contributed by atoms with van der Waals surface area (Å²) in [7, 11) is 0. The highest BCUT2D eigenvalue weighted by molar-refractivity contribution is 5.96. The first-order valence-electron chi connectivity index (χ1n) is 4.97. The van der Waals surface area contributed by atoms with Crippen molar-refractivity contribution in [1.82, 2.24) is 0 Å². The molecular formula is C12H8F3NO3. The molecule has 0 aliphatic carbocycles. The molecule has 0 aliphatic rings. The van der Waals surface area contributed by atoms with E-state index in [2.05, 4.69) is 4.74 Å². The predicted molar refractivity (Wildman–Crippen MR) is 59.2 cm³/mol. The minimum Gasteiger partial charge on any atom is -0.484 e. The van der Waals surface area contributed by atoms with Gasteiger partial charge in [0.05, 0.1) is 0 Å². The summed E-state index contributed by atoms with van der Waals surface area (Å²) in [6.45, 7) is -1.49. The summed E-state index contributed by atoms with van der Waals surface area (Å²) in [4.78, 5) is 10.7. The van der Waals surface area contributed by atoms with Crippen LogP contribution in [0.4, 0.5) is 13.2 Å². The van der Waals surface area contributed by atoms with Gasteiger partial charge in [-0.15, -0.1) is 0 Å². The number of carboxylic acid groups (broad SMARTS) is 1. The first-order chi connectivity index (χ1) is 8.83. The zero-order valence-electron chi connectivity index (χ0n) is 9.44. The molecule has 0 amide bonds. The number of carbonyl (C=O) groups is 1. The number of hydrogen-bond donors (Lipinski definition) is 1. The Morgan fingerprint density at radius 3 is 2.58 bits per heavy atom. The number of nitrogens with zero attached hydrogens (tertiary/aromatic N) is 1. The smallest absolute Gasteiger partial charge is 0.422 e. The summed E-state index contributed by atoms with van der Waals surface area (Å²) in [5.74, 6) is -1.61. The molecule has 0 fully saturated rings. The number of rotatable bonds is 4. The van der Waals surface area contributed by atoms with Gasteiger partial charge in [0.1, 0.15) is 17.4 Å². The van der Waals surface area contributed by atoms with Crippen LogP contribution in [0.15, 0.2) is 29.8 Å². The Labute approximate surface area is 106 Å². The standard InChI is InChI=1S/C12H8F3NO3/c13-12(14,15)7-19-10-4-2-1-3-8(10)5-9(6-16)11(17)18/h1-5H,7H2,(H,17,18). The molecule has 0 aromatic heterocycles. The van der Waals surface area contributed by atoms with Crippen LogP contribution in [0.2, 0.25) is 0 Å². The first kappa shape index (κ1) is 14.6. The molecular weight excluding hydrogens is 263 g/mol. The molecule has 0 unspecified atom stereocenters. The molecule has 0 radical (unpaired) electrons. The van der Waals surface area contributed by atoms with Crippen LogP contribution < -0.4 is 4.74 Å². The Morgan fingerprint density at radius 1 is 1.42 bits per heavy atom. The van der Waals surface area contributed by atoms with Crippen LogP contribution in [0, 0.1) is 11.3 Å². The fraction of sp³-hybridized carbons (Fsp3) is 0.167. The SMILES string of the molecule is N#CC(=Cc1ccccc1OCC(F)(F)F)C(=O)O. The van der Waals surface area contributed by atoms with E-state index in [4.69, 9.17) is 10.4 Å². The third kappa shape index (κ3) is 4.71. The second-order valence-corrected chi connectivity index (χ2v) is 3.42. The maximum absolute atomic E-state index is 12.0. The van der Waals surface area contributed by atoms with Gasteiger partial charge in [-0.3, -0.25) is 0 Å². The molecule has 0 bridgehead atoms. The van der Waals surface area contributed by atoms with Gasteiger partial charge in [0.25, 0.3) is 0 Å². The molecule has 0 aliphatic heterocycles. The molecule has 0 atom stereocenters. The quantitative estimate of drug-likeness (QED) is 0.675. The Hall–Kier alpha value is -2.49. The van der Waals surface area contributed by atoms with Crippen LogP contribution in [0.25, 0.3) is 6.08 Å². The van der Waals surface area contributed by atoms with Gasteiger partial charge in [-0.2, -0.15) is 18.4 Å². The molecule has 1 aromatic carbocycles. The van der Waals surface area contributed by atoms with Crippen molar-refractivity contribution in [2.24, 2.45) is 0 Å². The number of benzene rings is 1. The highest BCUT2D eigenvalue weighted by atomic mass is 19.4. The normalized spacial score (nSPS) is 11.8. The van der Waals surface area contributed by atoms with Gasteiger partial charge in [0.2, 0.25) is 0 Å². The third-order valence-corrected chi connectivity index (χ3v) is 1.96. The number of nitriles is 1. The van der Waals surface area contributed by atoms with Gasteiger partial charge in [0, 0.05) is 5.56 Å². The lowest BCUT2D eigenvalue weighted by Crippen LogP contribution is -2.19. The van der Waals surface area contributed by atoms with E-state index in [0.717, 1.165) is 6.08 Å². The van der Waals surface area contributed by atoms with Crippen molar-refractivity contribution in [3.05, 3.63) is 35.4 Å². The molecule has 0 saturated carbocycles. The highest BCUT2D eigenvalue weighted by Gasteiger charge is 2.28. The van der Waals surface area contributed by atoms with E-state index in [1.807, 2.05) is 0 Å². The fourth-order valence-electron chi connectivity index (χ4n) is 1.19. The maximum Gasteiger partial charge on any atom is 0.422 e. The fourth-order valence-corrected chi connectivity index (χ4v) is 1.19. The van der Waals surface area contributed by atoms with Gasteiger partial charge >= 0.3 is 12.1 Å². The predicted octanol–water partition coefficient (Wildman–Crippen LogP) is 2.62. The molecule has 0 saturated heterocycles. The Kier molecular flexibility index (Phi) is 4.53. The molecule has 1 aromatic rings. The van der Waals surface area contributed by atoms with E-state index in [0.29, 0.717) is 0 Å². The number of aliphatic carboxylic acids is 1. The summed E-state index contributed by atoms with van der Waals surface area (Å²) in [5, 5.41) is 17.3.